The van der Waals surface area contributed by atoms with Gasteiger partial charge in [0.25, 0.3) is 0 Å². The van der Waals surface area contributed by atoms with Crippen molar-refractivity contribution in [2.24, 2.45) is 0 Å². The van der Waals surface area contributed by atoms with Crippen molar-refractivity contribution in [3.05, 3.63) is 65.7 Å². The molecule has 110 valence electrons. The van der Waals surface area contributed by atoms with Crippen LogP contribution < -0.4 is 4.74 Å². The highest BCUT2D eigenvalue weighted by atomic mass is 16.5. The third-order valence-electron chi connectivity index (χ3n) is 4.51. The summed E-state index contributed by atoms with van der Waals surface area (Å²) in [5, 5.41) is 10.6. The highest BCUT2D eigenvalue weighted by Crippen LogP contribution is 2.38. The minimum Gasteiger partial charge on any atom is -0.493 e. The molecule has 0 aromatic heterocycles. The van der Waals surface area contributed by atoms with Crippen LogP contribution >= 0.6 is 0 Å². The molecule has 1 aliphatic heterocycles. The number of para-hydroxylation sites is 1. The lowest BCUT2D eigenvalue weighted by Gasteiger charge is -2.29. The lowest BCUT2D eigenvalue weighted by molar-refractivity contribution is 0.122. The van der Waals surface area contributed by atoms with Crippen LogP contribution in [0.2, 0.25) is 0 Å². The molecule has 2 aromatic rings. The van der Waals surface area contributed by atoms with Crippen molar-refractivity contribution in [3.63, 3.8) is 0 Å². The van der Waals surface area contributed by atoms with E-state index < -0.39 is 0 Å². The number of fused-ring (bicyclic) bond motifs is 1. The Morgan fingerprint density at radius 2 is 1.81 bits per heavy atom. The van der Waals surface area contributed by atoms with E-state index in [0.717, 1.165) is 25.2 Å². The highest BCUT2D eigenvalue weighted by molar-refractivity contribution is 5.38. The van der Waals surface area contributed by atoms with Crippen LogP contribution in [0.15, 0.2) is 54.6 Å². The summed E-state index contributed by atoms with van der Waals surface area (Å²) in [4.78, 5) is 0. The molecular weight excluding hydrogens is 260 g/mol. The number of aliphatic hydroxyl groups excluding tert-OH is 1. The van der Waals surface area contributed by atoms with Gasteiger partial charge in [0.15, 0.2) is 0 Å². The Morgan fingerprint density at radius 1 is 1.10 bits per heavy atom. The van der Waals surface area contributed by atoms with Gasteiger partial charge in [0.2, 0.25) is 0 Å². The van der Waals surface area contributed by atoms with Gasteiger partial charge in [0.05, 0.1) is 12.7 Å². The monoisotopic (exact) mass is 282 g/mol. The summed E-state index contributed by atoms with van der Waals surface area (Å²) in [5.41, 5.74) is 2.44. The van der Waals surface area contributed by atoms with Crippen molar-refractivity contribution < 1.29 is 9.84 Å². The standard InChI is InChI=1S/C19H22O2/c1-14(15-7-3-2-4-8-15)18(20)13-16-11-12-21-19-10-6-5-9-17(16)19/h2-10,14,16,18,20H,11-13H2,1H3. The Morgan fingerprint density at radius 3 is 2.62 bits per heavy atom. The quantitative estimate of drug-likeness (QED) is 0.914. The fourth-order valence-electron chi connectivity index (χ4n) is 3.14. The third kappa shape index (κ3) is 3.11. The molecule has 1 N–H and O–H groups in total. The van der Waals surface area contributed by atoms with Gasteiger partial charge in [0, 0.05) is 5.92 Å². The molecule has 0 bridgehead atoms. The van der Waals surface area contributed by atoms with Gasteiger partial charge in [-0.2, -0.15) is 0 Å². The SMILES string of the molecule is CC(c1ccccc1)C(O)CC1CCOc2ccccc21. The predicted molar refractivity (Wildman–Crippen MR) is 84.8 cm³/mol. The average molecular weight is 282 g/mol. The second kappa shape index (κ2) is 6.31. The Hall–Kier alpha value is -1.80. The van der Waals surface area contributed by atoms with Gasteiger partial charge in [-0.25, -0.2) is 0 Å². The van der Waals surface area contributed by atoms with E-state index in [1.165, 1.54) is 11.1 Å². The second-order valence-corrected chi connectivity index (χ2v) is 5.87. The molecule has 0 fully saturated rings. The predicted octanol–water partition coefficient (Wildman–Crippen LogP) is 4.11. The molecule has 3 unspecified atom stereocenters. The lowest BCUT2D eigenvalue weighted by Crippen LogP contribution is -2.23. The topological polar surface area (TPSA) is 29.5 Å². The van der Waals surface area contributed by atoms with E-state index in [9.17, 15) is 5.11 Å². The maximum absolute atomic E-state index is 10.6. The van der Waals surface area contributed by atoms with Crippen molar-refractivity contribution in [2.45, 2.75) is 37.7 Å². The number of ether oxygens (including phenoxy) is 1. The molecule has 1 heterocycles. The minimum absolute atomic E-state index is 0.154. The zero-order chi connectivity index (χ0) is 14.7. The van der Waals surface area contributed by atoms with Gasteiger partial charge < -0.3 is 9.84 Å². The molecule has 2 nitrogen and oxygen atoms in total. The van der Waals surface area contributed by atoms with Crippen LogP contribution in [0.25, 0.3) is 0 Å². The molecule has 2 aromatic carbocycles. The molecule has 0 radical (unpaired) electrons. The summed E-state index contributed by atoms with van der Waals surface area (Å²) >= 11 is 0. The van der Waals surface area contributed by atoms with Crippen LogP contribution in [0.5, 0.6) is 5.75 Å². The molecule has 0 spiro atoms. The molecule has 0 amide bonds. The summed E-state index contributed by atoms with van der Waals surface area (Å²) < 4.78 is 5.70. The normalized spacial score (nSPS) is 20.2. The van der Waals surface area contributed by atoms with Crippen molar-refractivity contribution >= 4 is 0 Å². The lowest BCUT2D eigenvalue weighted by atomic mass is 9.83. The molecule has 3 rings (SSSR count). The van der Waals surface area contributed by atoms with E-state index in [1.807, 2.05) is 36.4 Å². The molecule has 2 heteroatoms. The van der Waals surface area contributed by atoms with Crippen LogP contribution in [-0.4, -0.2) is 17.8 Å². The summed E-state index contributed by atoms with van der Waals surface area (Å²) in [6.07, 6.45) is 1.44. The van der Waals surface area contributed by atoms with E-state index >= 15 is 0 Å². The summed E-state index contributed by atoms with van der Waals surface area (Å²) in [7, 11) is 0. The molecule has 0 saturated heterocycles. The Bertz CT molecular complexity index is 579. The maximum atomic E-state index is 10.6. The van der Waals surface area contributed by atoms with E-state index in [1.54, 1.807) is 0 Å². The molecule has 21 heavy (non-hydrogen) atoms. The second-order valence-electron chi connectivity index (χ2n) is 5.87. The molecule has 0 saturated carbocycles. The van der Waals surface area contributed by atoms with Gasteiger partial charge in [-0.05, 0) is 36.0 Å². The van der Waals surface area contributed by atoms with Crippen molar-refractivity contribution in [2.75, 3.05) is 6.61 Å². The summed E-state index contributed by atoms with van der Waals surface area (Å²) in [5.74, 6) is 1.52. The van der Waals surface area contributed by atoms with Gasteiger partial charge in [-0.1, -0.05) is 55.5 Å². The smallest absolute Gasteiger partial charge is 0.122 e. The zero-order valence-electron chi connectivity index (χ0n) is 12.4. The van der Waals surface area contributed by atoms with Crippen LogP contribution in [-0.2, 0) is 0 Å². The van der Waals surface area contributed by atoms with E-state index in [4.69, 9.17) is 4.74 Å². The van der Waals surface area contributed by atoms with Crippen LogP contribution in [0.4, 0.5) is 0 Å². The van der Waals surface area contributed by atoms with Gasteiger partial charge in [-0.3, -0.25) is 0 Å². The van der Waals surface area contributed by atoms with Crippen LogP contribution in [0, 0.1) is 0 Å². The zero-order valence-corrected chi connectivity index (χ0v) is 12.4. The molecule has 1 aliphatic rings. The Balaban J connectivity index is 1.72. The maximum Gasteiger partial charge on any atom is 0.122 e. The van der Waals surface area contributed by atoms with E-state index in [0.29, 0.717) is 5.92 Å². The first-order valence-corrected chi connectivity index (χ1v) is 7.70. The summed E-state index contributed by atoms with van der Waals surface area (Å²) in [6, 6.07) is 18.4. The molecular formula is C19H22O2. The van der Waals surface area contributed by atoms with Gasteiger partial charge >= 0.3 is 0 Å². The molecule has 0 aliphatic carbocycles. The van der Waals surface area contributed by atoms with Crippen LogP contribution in [0.3, 0.4) is 0 Å². The first-order chi connectivity index (χ1) is 10.3. The summed E-state index contributed by atoms with van der Waals surface area (Å²) in [6.45, 7) is 2.85. The van der Waals surface area contributed by atoms with E-state index in [-0.39, 0.29) is 12.0 Å². The number of aliphatic hydroxyl groups is 1. The first-order valence-electron chi connectivity index (χ1n) is 7.70. The fourth-order valence-corrected chi connectivity index (χ4v) is 3.14. The number of hydrogen-bond donors (Lipinski definition) is 1. The Labute approximate surface area is 126 Å². The minimum atomic E-state index is -0.330. The van der Waals surface area contributed by atoms with Crippen molar-refractivity contribution in [3.8, 4) is 5.75 Å². The van der Waals surface area contributed by atoms with Crippen molar-refractivity contribution in [1.82, 2.24) is 0 Å². The number of benzene rings is 2. The van der Waals surface area contributed by atoms with Gasteiger partial charge in [0.1, 0.15) is 5.75 Å². The van der Waals surface area contributed by atoms with Crippen LogP contribution in [0.1, 0.15) is 42.7 Å². The van der Waals surface area contributed by atoms with Crippen molar-refractivity contribution in [1.29, 1.82) is 0 Å². The highest BCUT2D eigenvalue weighted by Gasteiger charge is 2.26. The number of rotatable bonds is 4. The van der Waals surface area contributed by atoms with E-state index in [2.05, 4.69) is 25.1 Å². The largest absolute Gasteiger partial charge is 0.493 e. The molecule has 3 atom stereocenters. The first kappa shape index (κ1) is 14.2. The third-order valence-corrected chi connectivity index (χ3v) is 4.51. The average Bonchev–Trinajstić information content (AvgIpc) is 2.55. The fraction of sp³-hybridized carbons (Fsp3) is 0.368. The van der Waals surface area contributed by atoms with Gasteiger partial charge in [-0.15, -0.1) is 0 Å². The number of hydrogen-bond acceptors (Lipinski definition) is 2. The Kier molecular flexibility index (Phi) is 4.26.